The number of fused-ring (bicyclic) bond motifs is 1. The largest absolute Gasteiger partial charge is 0.497 e. The summed E-state index contributed by atoms with van der Waals surface area (Å²) in [6.07, 6.45) is 1.69. The number of hydrogen-bond donors (Lipinski definition) is 1. The highest BCUT2D eigenvalue weighted by Crippen LogP contribution is 2.31. The molecule has 0 fully saturated rings. The number of aryl methyl sites for hydroxylation is 1. The second-order valence-corrected chi connectivity index (χ2v) is 7.11. The van der Waals surface area contributed by atoms with Crippen molar-refractivity contribution in [3.63, 3.8) is 0 Å². The lowest BCUT2D eigenvalue weighted by Gasteiger charge is -2.08. The number of amides is 1. The van der Waals surface area contributed by atoms with Crippen LogP contribution in [0.3, 0.4) is 0 Å². The Kier molecular flexibility index (Phi) is 5.37. The first-order chi connectivity index (χ1) is 14.5. The van der Waals surface area contributed by atoms with Crippen LogP contribution >= 0.6 is 11.6 Å². The highest BCUT2D eigenvalue weighted by molar-refractivity contribution is 6.31. The number of ether oxygens (including phenoxy) is 1. The Morgan fingerprint density at radius 3 is 2.67 bits per heavy atom. The van der Waals surface area contributed by atoms with Crippen LogP contribution in [0.25, 0.3) is 22.2 Å². The number of hydrogen-bond acceptors (Lipinski definition) is 4. The maximum absolute atomic E-state index is 13.3. The van der Waals surface area contributed by atoms with E-state index in [1.165, 1.54) is 18.2 Å². The van der Waals surface area contributed by atoms with E-state index in [4.69, 9.17) is 16.3 Å². The van der Waals surface area contributed by atoms with E-state index in [9.17, 15) is 9.18 Å². The van der Waals surface area contributed by atoms with Crippen molar-refractivity contribution in [3.05, 3.63) is 71.3 Å². The highest BCUT2D eigenvalue weighted by Gasteiger charge is 2.16. The van der Waals surface area contributed by atoms with Gasteiger partial charge in [0.2, 0.25) is 5.91 Å². The predicted octanol–water partition coefficient (Wildman–Crippen LogP) is 4.85. The van der Waals surface area contributed by atoms with E-state index in [0.717, 1.165) is 28.0 Å². The summed E-state index contributed by atoms with van der Waals surface area (Å²) in [4.78, 5) is 16.9. The number of benzene rings is 2. The Balaban J connectivity index is 1.63. The third kappa shape index (κ3) is 3.84. The van der Waals surface area contributed by atoms with E-state index in [2.05, 4.69) is 15.4 Å². The quantitative estimate of drug-likeness (QED) is 0.497. The Morgan fingerprint density at radius 1 is 1.20 bits per heavy atom. The van der Waals surface area contributed by atoms with Crippen LogP contribution in [0.1, 0.15) is 5.69 Å². The highest BCUT2D eigenvalue weighted by atomic mass is 35.5. The minimum absolute atomic E-state index is 0.0433. The first kappa shape index (κ1) is 19.8. The first-order valence-corrected chi connectivity index (χ1v) is 9.55. The van der Waals surface area contributed by atoms with E-state index in [0.29, 0.717) is 11.3 Å². The summed E-state index contributed by atoms with van der Waals surface area (Å²) >= 11 is 5.77. The van der Waals surface area contributed by atoms with Gasteiger partial charge < -0.3 is 10.1 Å². The van der Waals surface area contributed by atoms with Crippen LogP contribution in [-0.4, -0.2) is 27.8 Å². The predicted molar refractivity (Wildman–Crippen MR) is 114 cm³/mol. The second-order valence-electron chi connectivity index (χ2n) is 6.71. The lowest BCUT2D eigenvalue weighted by Crippen LogP contribution is -2.19. The molecule has 0 aliphatic carbocycles. The normalized spacial score (nSPS) is 10.9. The van der Waals surface area contributed by atoms with Crippen molar-refractivity contribution in [2.24, 2.45) is 0 Å². The molecule has 0 spiro atoms. The fraction of sp³-hybridized carbons (Fsp3) is 0.136. The molecule has 0 saturated heterocycles. The van der Waals surface area contributed by atoms with Crippen LogP contribution in [-0.2, 0) is 11.3 Å². The van der Waals surface area contributed by atoms with E-state index < -0.39 is 5.82 Å². The molecule has 4 aromatic rings. The molecule has 0 unspecified atom stereocenters. The number of halogens is 2. The molecule has 2 aromatic heterocycles. The number of nitrogens with one attached hydrogen (secondary N) is 1. The lowest BCUT2D eigenvalue weighted by atomic mass is 10.0. The smallest absolute Gasteiger partial charge is 0.246 e. The molecule has 0 saturated carbocycles. The standard InChI is InChI=1S/C22H18ClFN4O2/c1-13-21-17(14-3-6-16(30-2)7-4-14)9-10-25-22(21)28(27-13)12-20(29)26-15-5-8-19(24)18(23)11-15/h3-11H,12H2,1-2H3,(H,26,29). The van der Waals surface area contributed by atoms with Crippen molar-refractivity contribution in [2.45, 2.75) is 13.5 Å². The summed E-state index contributed by atoms with van der Waals surface area (Å²) in [5.41, 5.74) is 3.74. The van der Waals surface area contributed by atoms with E-state index in [1.807, 2.05) is 37.3 Å². The number of carbonyl (C=O) groups excluding carboxylic acids is 1. The number of nitrogens with zero attached hydrogens (tertiary/aromatic N) is 3. The van der Waals surface area contributed by atoms with Crippen molar-refractivity contribution in [2.75, 3.05) is 12.4 Å². The molecule has 30 heavy (non-hydrogen) atoms. The molecule has 2 aromatic carbocycles. The maximum Gasteiger partial charge on any atom is 0.246 e. The van der Waals surface area contributed by atoms with Gasteiger partial charge in [-0.15, -0.1) is 0 Å². The minimum Gasteiger partial charge on any atom is -0.497 e. The molecule has 152 valence electrons. The van der Waals surface area contributed by atoms with Gasteiger partial charge in [-0.2, -0.15) is 5.10 Å². The van der Waals surface area contributed by atoms with Crippen molar-refractivity contribution < 1.29 is 13.9 Å². The summed E-state index contributed by atoms with van der Waals surface area (Å²) in [6.45, 7) is 1.84. The number of carbonyl (C=O) groups is 1. The molecule has 0 atom stereocenters. The van der Waals surface area contributed by atoms with E-state index in [-0.39, 0.29) is 17.5 Å². The average Bonchev–Trinajstić information content (AvgIpc) is 3.06. The van der Waals surface area contributed by atoms with Gasteiger partial charge in [0.1, 0.15) is 18.1 Å². The molecular weight excluding hydrogens is 407 g/mol. The van der Waals surface area contributed by atoms with Gasteiger partial charge in [-0.3, -0.25) is 4.79 Å². The number of pyridine rings is 1. The average molecular weight is 425 g/mol. The van der Waals surface area contributed by atoms with Crippen molar-refractivity contribution in [1.82, 2.24) is 14.8 Å². The molecule has 0 bridgehead atoms. The number of rotatable bonds is 5. The van der Waals surface area contributed by atoms with Gasteiger partial charge in [0, 0.05) is 17.3 Å². The van der Waals surface area contributed by atoms with Crippen molar-refractivity contribution >= 4 is 34.2 Å². The number of anilines is 1. The molecule has 4 rings (SSSR count). The van der Waals surface area contributed by atoms with Crippen LogP contribution in [0, 0.1) is 12.7 Å². The summed E-state index contributed by atoms with van der Waals surface area (Å²) in [6, 6.07) is 13.7. The van der Waals surface area contributed by atoms with Crippen LogP contribution in [0.15, 0.2) is 54.7 Å². The molecule has 8 heteroatoms. The fourth-order valence-corrected chi connectivity index (χ4v) is 3.49. The molecule has 1 N–H and O–H groups in total. The zero-order chi connectivity index (χ0) is 21.3. The molecular formula is C22H18ClFN4O2. The topological polar surface area (TPSA) is 69.0 Å². The van der Waals surface area contributed by atoms with Gasteiger partial charge in [0.05, 0.1) is 17.8 Å². The van der Waals surface area contributed by atoms with E-state index in [1.54, 1.807) is 18.0 Å². The Hall–Kier alpha value is -3.45. The monoisotopic (exact) mass is 424 g/mol. The number of methoxy groups -OCH3 is 1. The lowest BCUT2D eigenvalue weighted by molar-refractivity contribution is -0.116. The summed E-state index contributed by atoms with van der Waals surface area (Å²) < 4.78 is 20.1. The summed E-state index contributed by atoms with van der Waals surface area (Å²) in [5.74, 6) is -0.0913. The van der Waals surface area contributed by atoms with Crippen LogP contribution < -0.4 is 10.1 Å². The molecule has 0 aliphatic heterocycles. The van der Waals surface area contributed by atoms with Gasteiger partial charge in [-0.25, -0.2) is 14.1 Å². The molecule has 0 aliphatic rings. The van der Waals surface area contributed by atoms with Gasteiger partial charge in [-0.05, 0) is 54.4 Å². The Morgan fingerprint density at radius 2 is 1.97 bits per heavy atom. The Labute approximate surface area is 177 Å². The van der Waals surface area contributed by atoms with E-state index >= 15 is 0 Å². The maximum atomic E-state index is 13.3. The van der Waals surface area contributed by atoms with Crippen LogP contribution in [0.4, 0.5) is 10.1 Å². The van der Waals surface area contributed by atoms with Gasteiger partial charge in [0.15, 0.2) is 5.65 Å². The van der Waals surface area contributed by atoms with Crippen molar-refractivity contribution in [3.8, 4) is 16.9 Å². The van der Waals surface area contributed by atoms with Gasteiger partial charge in [-0.1, -0.05) is 23.7 Å². The van der Waals surface area contributed by atoms with Crippen LogP contribution in [0.5, 0.6) is 5.75 Å². The minimum atomic E-state index is -0.543. The fourth-order valence-electron chi connectivity index (χ4n) is 3.31. The van der Waals surface area contributed by atoms with Crippen LogP contribution in [0.2, 0.25) is 5.02 Å². The second kappa shape index (κ2) is 8.12. The zero-order valence-corrected chi connectivity index (χ0v) is 17.1. The molecule has 6 nitrogen and oxygen atoms in total. The third-order valence-corrected chi connectivity index (χ3v) is 5.00. The Bertz CT molecular complexity index is 1240. The number of aromatic nitrogens is 3. The van der Waals surface area contributed by atoms with Crippen molar-refractivity contribution in [1.29, 1.82) is 0 Å². The molecule has 2 heterocycles. The first-order valence-electron chi connectivity index (χ1n) is 9.17. The molecule has 1 amide bonds. The summed E-state index contributed by atoms with van der Waals surface area (Å²) in [7, 11) is 1.62. The molecule has 0 radical (unpaired) electrons. The zero-order valence-electron chi connectivity index (χ0n) is 16.3. The summed E-state index contributed by atoms with van der Waals surface area (Å²) in [5, 5.41) is 8.02. The van der Waals surface area contributed by atoms with Gasteiger partial charge in [0.25, 0.3) is 0 Å². The SMILES string of the molecule is COc1ccc(-c2ccnc3c2c(C)nn3CC(=O)Nc2ccc(F)c(Cl)c2)cc1. The van der Waals surface area contributed by atoms with Gasteiger partial charge >= 0.3 is 0 Å². The third-order valence-electron chi connectivity index (χ3n) is 4.71.